The number of allylic oxidation sites excluding steroid dienone is 2. The normalized spacial score (nSPS) is 12.9. The fraction of sp³-hybridized carbons (Fsp3) is 0.182. The van der Waals surface area contributed by atoms with Gasteiger partial charge < -0.3 is 10.2 Å². The molecule has 1 N–H and O–H groups in total. The smallest absolute Gasteiger partial charge is 0.255 e. The molecule has 0 saturated carbocycles. The summed E-state index contributed by atoms with van der Waals surface area (Å²) in [6, 6.07) is 12.9. The number of nitrogens with zero attached hydrogens (tertiary/aromatic N) is 1. The Morgan fingerprint density at radius 2 is 1.81 bits per heavy atom. The van der Waals surface area contributed by atoms with Crippen LogP contribution in [0.4, 0.5) is 5.69 Å². The molecule has 4 heteroatoms. The molecule has 2 aromatic carbocycles. The van der Waals surface area contributed by atoms with E-state index < -0.39 is 0 Å². The lowest BCUT2D eigenvalue weighted by Gasteiger charge is -2.20. The third-order valence-electron chi connectivity index (χ3n) is 4.41. The number of rotatable bonds is 5. The molecule has 0 spiro atoms. The van der Waals surface area contributed by atoms with Gasteiger partial charge in [0.2, 0.25) is 0 Å². The summed E-state index contributed by atoms with van der Waals surface area (Å²) in [4.78, 5) is 26.9. The van der Waals surface area contributed by atoms with Crippen LogP contribution in [0.3, 0.4) is 0 Å². The third kappa shape index (κ3) is 4.09. The first-order valence-electron chi connectivity index (χ1n) is 8.63. The highest BCUT2D eigenvalue weighted by atomic mass is 16.1. The Balaban J connectivity index is 1.70. The molecule has 132 valence electrons. The van der Waals surface area contributed by atoms with Crippen molar-refractivity contribution in [3.8, 4) is 0 Å². The summed E-state index contributed by atoms with van der Waals surface area (Å²) in [5.74, 6) is -0.0777. The van der Waals surface area contributed by atoms with Crippen molar-refractivity contribution < 1.29 is 9.59 Å². The van der Waals surface area contributed by atoms with Crippen LogP contribution >= 0.6 is 0 Å². The standard InChI is InChI=1S/C22H22N2O2/c1-16-8-4-5-9-20(16)22(26)23-18-10-11-19(17(2)14-18)21(25)15-24-12-6-3-7-13-24/h3-12,14H,13,15H2,1-2H3,(H,23,26). The molecule has 0 fully saturated rings. The van der Waals surface area contributed by atoms with Crippen LogP contribution in [0.1, 0.15) is 31.8 Å². The van der Waals surface area contributed by atoms with Gasteiger partial charge in [-0.1, -0.05) is 30.4 Å². The van der Waals surface area contributed by atoms with E-state index >= 15 is 0 Å². The average Bonchev–Trinajstić information content (AvgIpc) is 2.63. The zero-order valence-corrected chi connectivity index (χ0v) is 15.0. The van der Waals surface area contributed by atoms with Crippen LogP contribution < -0.4 is 5.32 Å². The number of Topliss-reactive ketones (excluding diaryl/α,β-unsaturated/α-hetero) is 1. The van der Waals surface area contributed by atoms with Gasteiger partial charge in [0.15, 0.2) is 5.78 Å². The van der Waals surface area contributed by atoms with Gasteiger partial charge in [-0.25, -0.2) is 0 Å². The number of hydrogen-bond acceptors (Lipinski definition) is 3. The maximum Gasteiger partial charge on any atom is 0.255 e. The molecule has 0 aromatic heterocycles. The molecule has 0 bridgehead atoms. The van der Waals surface area contributed by atoms with Crippen molar-refractivity contribution in [3.63, 3.8) is 0 Å². The van der Waals surface area contributed by atoms with Crippen LogP contribution in [0, 0.1) is 13.8 Å². The molecule has 1 heterocycles. The first-order chi connectivity index (χ1) is 12.5. The Labute approximate surface area is 153 Å². The molecule has 4 nitrogen and oxygen atoms in total. The SMILES string of the molecule is Cc1cc(NC(=O)c2ccccc2C)ccc1C(=O)CN1C=CC=CC1. The number of carbonyl (C=O) groups is 2. The summed E-state index contributed by atoms with van der Waals surface area (Å²) >= 11 is 0. The van der Waals surface area contributed by atoms with Crippen molar-refractivity contribution in [2.24, 2.45) is 0 Å². The fourth-order valence-corrected chi connectivity index (χ4v) is 2.97. The van der Waals surface area contributed by atoms with Gasteiger partial charge in [-0.15, -0.1) is 0 Å². The number of amides is 1. The predicted octanol–water partition coefficient (Wildman–Crippen LogP) is 4.12. The predicted molar refractivity (Wildman–Crippen MR) is 104 cm³/mol. The van der Waals surface area contributed by atoms with Crippen LogP contribution in [-0.4, -0.2) is 29.7 Å². The van der Waals surface area contributed by atoms with Crippen LogP contribution in [0.15, 0.2) is 66.9 Å². The Hall–Kier alpha value is -3.14. The Kier molecular flexibility index (Phi) is 5.32. The minimum absolute atomic E-state index is 0.0687. The fourth-order valence-electron chi connectivity index (χ4n) is 2.97. The molecule has 1 amide bonds. The van der Waals surface area contributed by atoms with Crippen molar-refractivity contribution in [3.05, 3.63) is 89.1 Å². The summed E-state index contributed by atoms with van der Waals surface area (Å²) in [6.45, 7) is 4.89. The molecule has 2 aromatic rings. The molecular formula is C22H22N2O2. The summed E-state index contributed by atoms with van der Waals surface area (Å²) in [5.41, 5.74) is 3.80. The molecule has 0 saturated heterocycles. The number of anilines is 1. The Morgan fingerprint density at radius 3 is 2.50 bits per heavy atom. The highest BCUT2D eigenvalue weighted by Gasteiger charge is 2.14. The van der Waals surface area contributed by atoms with Crippen LogP contribution in [-0.2, 0) is 0 Å². The second-order valence-corrected chi connectivity index (χ2v) is 6.42. The van der Waals surface area contributed by atoms with E-state index in [1.54, 1.807) is 18.2 Å². The van der Waals surface area contributed by atoms with E-state index in [2.05, 4.69) is 5.32 Å². The van der Waals surface area contributed by atoms with Gasteiger partial charge in [0.25, 0.3) is 5.91 Å². The van der Waals surface area contributed by atoms with Crippen molar-refractivity contribution in [1.29, 1.82) is 0 Å². The maximum absolute atomic E-state index is 12.5. The molecule has 1 aliphatic heterocycles. The van der Waals surface area contributed by atoms with Gasteiger partial charge >= 0.3 is 0 Å². The van der Waals surface area contributed by atoms with E-state index in [1.807, 2.05) is 67.4 Å². The summed E-state index contributed by atoms with van der Waals surface area (Å²) in [7, 11) is 0. The monoisotopic (exact) mass is 346 g/mol. The van der Waals surface area contributed by atoms with Crippen molar-refractivity contribution >= 4 is 17.4 Å². The summed E-state index contributed by atoms with van der Waals surface area (Å²) < 4.78 is 0. The van der Waals surface area contributed by atoms with Crippen molar-refractivity contribution in [1.82, 2.24) is 4.90 Å². The van der Waals surface area contributed by atoms with Gasteiger partial charge in [-0.3, -0.25) is 9.59 Å². The molecule has 26 heavy (non-hydrogen) atoms. The highest BCUT2D eigenvalue weighted by Crippen LogP contribution is 2.18. The van der Waals surface area contributed by atoms with Crippen molar-refractivity contribution in [2.75, 3.05) is 18.4 Å². The lowest BCUT2D eigenvalue weighted by atomic mass is 10.0. The molecule has 0 unspecified atom stereocenters. The zero-order valence-electron chi connectivity index (χ0n) is 15.0. The minimum Gasteiger partial charge on any atom is -0.366 e. The van der Waals surface area contributed by atoms with Crippen LogP contribution in [0.2, 0.25) is 0 Å². The second-order valence-electron chi connectivity index (χ2n) is 6.42. The molecule has 0 atom stereocenters. The van der Waals surface area contributed by atoms with E-state index in [9.17, 15) is 9.59 Å². The molecule has 0 aliphatic carbocycles. The average molecular weight is 346 g/mol. The van der Waals surface area contributed by atoms with Gasteiger partial charge in [-0.2, -0.15) is 0 Å². The first-order valence-corrected chi connectivity index (χ1v) is 8.63. The minimum atomic E-state index is -0.146. The van der Waals surface area contributed by atoms with Gasteiger partial charge in [0, 0.05) is 23.4 Å². The number of ketones is 1. The number of hydrogen-bond donors (Lipinski definition) is 1. The number of carbonyl (C=O) groups excluding carboxylic acids is 2. The van der Waals surface area contributed by atoms with Crippen LogP contribution in [0.25, 0.3) is 0 Å². The lowest BCUT2D eigenvalue weighted by Crippen LogP contribution is -2.26. The summed E-state index contributed by atoms with van der Waals surface area (Å²) in [5, 5.41) is 2.91. The zero-order chi connectivity index (χ0) is 18.5. The molecule has 1 aliphatic rings. The first kappa shape index (κ1) is 17.7. The summed E-state index contributed by atoms with van der Waals surface area (Å²) in [6.07, 6.45) is 7.83. The molecule has 3 rings (SSSR count). The third-order valence-corrected chi connectivity index (χ3v) is 4.41. The largest absolute Gasteiger partial charge is 0.366 e. The van der Waals surface area contributed by atoms with Crippen LogP contribution in [0.5, 0.6) is 0 Å². The Bertz CT molecular complexity index is 897. The van der Waals surface area contributed by atoms with E-state index in [0.717, 1.165) is 17.7 Å². The quantitative estimate of drug-likeness (QED) is 0.829. The topological polar surface area (TPSA) is 49.4 Å². The number of benzene rings is 2. The van der Waals surface area contributed by atoms with Gasteiger partial charge in [0.05, 0.1) is 6.54 Å². The van der Waals surface area contributed by atoms with E-state index in [1.165, 1.54) is 0 Å². The van der Waals surface area contributed by atoms with E-state index in [0.29, 0.717) is 23.4 Å². The number of nitrogens with one attached hydrogen (secondary N) is 1. The maximum atomic E-state index is 12.5. The van der Waals surface area contributed by atoms with Gasteiger partial charge in [-0.05, 0) is 61.5 Å². The molecular weight excluding hydrogens is 324 g/mol. The van der Waals surface area contributed by atoms with E-state index in [4.69, 9.17) is 0 Å². The Morgan fingerprint density at radius 1 is 1.00 bits per heavy atom. The molecule has 0 radical (unpaired) electrons. The number of aryl methyl sites for hydroxylation is 2. The van der Waals surface area contributed by atoms with Crippen molar-refractivity contribution in [2.45, 2.75) is 13.8 Å². The van der Waals surface area contributed by atoms with E-state index in [-0.39, 0.29) is 11.7 Å². The van der Waals surface area contributed by atoms with Gasteiger partial charge in [0.1, 0.15) is 0 Å². The second kappa shape index (κ2) is 7.83. The highest BCUT2D eigenvalue weighted by molar-refractivity contribution is 6.06. The lowest BCUT2D eigenvalue weighted by molar-refractivity contribution is 0.0958.